The topological polar surface area (TPSA) is 12.5 Å². The van der Waals surface area contributed by atoms with Crippen LogP contribution in [0.5, 0.6) is 5.75 Å². The van der Waals surface area contributed by atoms with E-state index in [1.54, 1.807) is 0 Å². The summed E-state index contributed by atoms with van der Waals surface area (Å²) < 4.78 is 5.80. The molecular weight excluding hydrogens is 270 g/mol. The van der Waals surface area contributed by atoms with Crippen molar-refractivity contribution in [3.8, 4) is 5.75 Å². The van der Waals surface area contributed by atoms with Gasteiger partial charge in [0.1, 0.15) is 5.75 Å². The minimum atomic E-state index is 0.814. The highest BCUT2D eigenvalue weighted by Crippen LogP contribution is 2.14. The van der Waals surface area contributed by atoms with Crippen molar-refractivity contribution in [2.24, 2.45) is 0 Å². The molecule has 2 heteroatoms. The van der Waals surface area contributed by atoms with E-state index in [0.717, 1.165) is 24.3 Å². The molecule has 0 N–H and O–H groups in total. The largest absolute Gasteiger partial charge is 0.494 e. The normalized spacial score (nSPS) is 10.9. The average molecular weight is 303 g/mol. The fourth-order valence-electron chi connectivity index (χ4n) is 2.68. The van der Waals surface area contributed by atoms with E-state index in [4.69, 9.17) is 4.74 Å². The molecule has 0 fully saturated rings. The van der Waals surface area contributed by atoms with E-state index >= 15 is 0 Å². The van der Waals surface area contributed by atoms with Crippen molar-refractivity contribution in [1.29, 1.82) is 0 Å². The second-order valence-electron chi connectivity index (χ2n) is 5.88. The molecule has 0 aliphatic carbocycles. The van der Waals surface area contributed by atoms with Gasteiger partial charge in [-0.15, -0.1) is 0 Å². The van der Waals surface area contributed by atoms with Crippen LogP contribution in [0.2, 0.25) is 0 Å². The first-order valence-electron chi connectivity index (χ1n) is 8.87. The third-order valence-electron chi connectivity index (χ3n) is 3.81. The van der Waals surface area contributed by atoms with Crippen LogP contribution in [0.15, 0.2) is 30.8 Å². The van der Waals surface area contributed by atoms with Gasteiger partial charge in [-0.3, -0.25) is 0 Å². The van der Waals surface area contributed by atoms with Gasteiger partial charge >= 0.3 is 0 Å². The maximum absolute atomic E-state index is 5.80. The van der Waals surface area contributed by atoms with Crippen LogP contribution in [0.1, 0.15) is 57.9 Å². The zero-order chi connectivity index (χ0) is 16.0. The SMILES string of the molecule is C=Cc1cccc(OCCCCCCN(CCC)CCC)c1. The van der Waals surface area contributed by atoms with E-state index in [1.165, 1.54) is 51.7 Å². The molecule has 0 bridgehead atoms. The molecular formula is C20H33NO. The van der Waals surface area contributed by atoms with Crippen molar-refractivity contribution in [1.82, 2.24) is 4.90 Å². The molecule has 22 heavy (non-hydrogen) atoms. The van der Waals surface area contributed by atoms with Crippen LogP contribution >= 0.6 is 0 Å². The zero-order valence-corrected chi connectivity index (χ0v) is 14.5. The predicted molar refractivity (Wildman–Crippen MR) is 97.5 cm³/mol. The van der Waals surface area contributed by atoms with E-state index in [-0.39, 0.29) is 0 Å². The molecule has 124 valence electrons. The first-order chi connectivity index (χ1) is 10.8. The molecule has 0 spiro atoms. The second kappa shape index (κ2) is 12.3. The Hall–Kier alpha value is -1.28. The summed E-state index contributed by atoms with van der Waals surface area (Å²) in [7, 11) is 0. The van der Waals surface area contributed by atoms with Crippen LogP contribution in [0.25, 0.3) is 6.08 Å². The van der Waals surface area contributed by atoms with Crippen LogP contribution in [-0.2, 0) is 0 Å². The maximum atomic E-state index is 5.80. The minimum Gasteiger partial charge on any atom is -0.494 e. The van der Waals surface area contributed by atoms with Gasteiger partial charge in [0.05, 0.1) is 6.61 Å². The molecule has 1 aromatic rings. The zero-order valence-electron chi connectivity index (χ0n) is 14.5. The van der Waals surface area contributed by atoms with Gasteiger partial charge < -0.3 is 9.64 Å². The van der Waals surface area contributed by atoms with Crippen LogP contribution < -0.4 is 4.74 Å². The summed E-state index contributed by atoms with van der Waals surface area (Å²) in [6.45, 7) is 12.9. The molecule has 0 aromatic heterocycles. The Morgan fingerprint density at radius 3 is 2.41 bits per heavy atom. The van der Waals surface area contributed by atoms with Gasteiger partial charge in [0.15, 0.2) is 0 Å². The lowest BCUT2D eigenvalue weighted by Crippen LogP contribution is -2.26. The third-order valence-corrected chi connectivity index (χ3v) is 3.81. The molecule has 0 aliphatic rings. The fourth-order valence-corrected chi connectivity index (χ4v) is 2.68. The summed E-state index contributed by atoms with van der Waals surface area (Å²) in [4.78, 5) is 2.59. The lowest BCUT2D eigenvalue weighted by atomic mass is 10.2. The highest BCUT2D eigenvalue weighted by atomic mass is 16.5. The average Bonchev–Trinajstić information content (AvgIpc) is 2.54. The van der Waals surface area contributed by atoms with Crippen LogP contribution in [0.3, 0.4) is 0 Å². The predicted octanol–water partition coefficient (Wildman–Crippen LogP) is 5.39. The first-order valence-corrected chi connectivity index (χ1v) is 8.87. The van der Waals surface area contributed by atoms with Gasteiger partial charge in [0.2, 0.25) is 0 Å². The van der Waals surface area contributed by atoms with E-state index in [0.29, 0.717) is 0 Å². The first kappa shape index (κ1) is 18.8. The highest BCUT2D eigenvalue weighted by Gasteiger charge is 2.01. The number of nitrogens with zero attached hydrogens (tertiary/aromatic N) is 1. The van der Waals surface area contributed by atoms with Gasteiger partial charge in [0.25, 0.3) is 0 Å². The Labute approximate surface area is 137 Å². The van der Waals surface area contributed by atoms with E-state index in [9.17, 15) is 0 Å². The molecule has 0 amide bonds. The molecule has 0 aliphatic heterocycles. The number of benzene rings is 1. The van der Waals surface area contributed by atoms with Crippen molar-refractivity contribution in [3.05, 3.63) is 36.4 Å². The molecule has 1 rings (SSSR count). The lowest BCUT2D eigenvalue weighted by molar-refractivity contribution is 0.264. The molecule has 0 unspecified atom stereocenters. The minimum absolute atomic E-state index is 0.814. The van der Waals surface area contributed by atoms with E-state index in [1.807, 2.05) is 30.3 Å². The maximum Gasteiger partial charge on any atom is 0.119 e. The van der Waals surface area contributed by atoms with Crippen molar-refractivity contribution in [2.75, 3.05) is 26.2 Å². The van der Waals surface area contributed by atoms with Gasteiger partial charge in [-0.05, 0) is 63.0 Å². The smallest absolute Gasteiger partial charge is 0.119 e. The monoisotopic (exact) mass is 303 g/mol. The van der Waals surface area contributed by atoms with Gasteiger partial charge in [-0.2, -0.15) is 0 Å². The molecule has 2 nitrogen and oxygen atoms in total. The Morgan fingerprint density at radius 1 is 1.00 bits per heavy atom. The van der Waals surface area contributed by atoms with Crippen molar-refractivity contribution >= 4 is 6.08 Å². The van der Waals surface area contributed by atoms with Gasteiger partial charge in [-0.25, -0.2) is 0 Å². The number of unbranched alkanes of at least 4 members (excludes halogenated alkanes) is 3. The summed E-state index contributed by atoms with van der Waals surface area (Å²) in [5.41, 5.74) is 1.12. The van der Waals surface area contributed by atoms with Crippen LogP contribution in [-0.4, -0.2) is 31.1 Å². The fraction of sp³-hybridized carbons (Fsp3) is 0.600. The number of ether oxygens (including phenoxy) is 1. The Kier molecular flexibility index (Phi) is 10.5. The lowest BCUT2D eigenvalue weighted by Gasteiger charge is -2.20. The Balaban J connectivity index is 2.06. The summed E-state index contributed by atoms with van der Waals surface area (Å²) in [5, 5.41) is 0. The second-order valence-corrected chi connectivity index (χ2v) is 5.88. The Bertz CT molecular complexity index is 396. The standard InChI is InChI=1S/C20H33NO/c1-4-14-21(15-5-2)16-9-7-8-10-17-22-20-13-11-12-19(6-3)18-20/h6,11-13,18H,3-5,7-10,14-17H2,1-2H3. The quantitative estimate of drug-likeness (QED) is 0.453. The molecule has 0 atom stereocenters. The Morgan fingerprint density at radius 2 is 1.73 bits per heavy atom. The van der Waals surface area contributed by atoms with Crippen LogP contribution in [0, 0.1) is 0 Å². The summed E-state index contributed by atoms with van der Waals surface area (Å²) in [6, 6.07) is 8.11. The van der Waals surface area contributed by atoms with Crippen molar-refractivity contribution in [2.45, 2.75) is 52.4 Å². The summed E-state index contributed by atoms with van der Waals surface area (Å²) in [6.07, 6.45) is 9.39. The molecule has 0 saturated heterocycles. The number of rotatable bonds is 13. The number of hydrogen-bond donors (Lipinski definition) is 0. The van der Waals surface area contributed by atoms with Crippen LogP contribution in [0.4, 0.5) is 0 Å². The highest BCUT2D eigenvalue weighted by molar-refractivity contribution is 5.49. The van der Waals surface area contributed by atoms with E-state index in [2.05, 4.69) is 25.3 Å². The number of hydrogen-bond acceptors (Lipinski definition) is 2. The van der Waals surface area contributed by atoms with Gasteiger partial charge in [-0.1, -0.05) is 51.5 Å². The van der Waals surface area contributed by atoms with Crippen molar-refractivity contribution < 1.29 is 4.74 Å². The molecule has 0 heterocycles. The third kappa shape index (κ3) is 8.23. The van der Waals surface area contributed by atoms with Crippen molar-refractivity contribution in [3.63, 3.8) is 0 Å². The molecule has 0 radical (unpaired) electrons. The molecule has 1 aromatic carbocycles. The molecule has 0 saturated carbocycles. The van der Waals surface area contributed by atoms with Gasteiger partial charge in [0, 0.05) is 0 Å². The summed E-state index contributed by atoms with van der Waals surface area (Å²) in [5.74, 6) is 0.953. The van der Waals surface area contributed by atoms with E-state index < -0.39 is 0 Å². The summed E-state index contributed by atoms with van der Waals surface area (Å²) >= 11 is 0.